The van der Waals surface area contributed by atoms with Crippen LogP contribution < -0.4 is 5.32 Å². The SMILES string of the molecule is Cc1cc(/C=C2\C(=O)NC(=O)N(Cc3ccco3)C2=O)c(C)n1-c1cc(Cl)cc(Cl)c1. The Labute approximate surface area is 187 Å². The van der Waals surface area contributed by atoms with Gasteiger partial charge in [-0.05, 0) is 61.9 Å². The molecule has 158 valence electrons. The van der Waals surface area contributed by atoms with Crippen molar-refractivity contribution in [2.75, 3.05) is 0 Å². The second-order valence-corrected chi connectivity index (χ2v) is 7.95. The Morgan fingerprint density at radius 2 is 1.77 bits per heavy atom. The number of furan rings is 1. The van der Waals surface area contributed by atoms with Crippen molar-refractivity contribution in [3.8, 4) is 5.69 Å². The van der Waals surface area contributed by atoms with E-state index in [0.29, 0.717) is 21.4 Å². The van der Waals surface area contributed by atoms with E-state index in [9.17, 15) is 14.4 Å². The number of nitrogens with one attached hydrogen (secondary N) is 1. The summed E-state index contributed by atoms with van der Waals surface area (Å²) < 4.78 is 7.13. The van der Waals surface area contributed by atoms with Gasteiger partial charge in [-0.2, -0.15) is 0 Å². The lowest BCUT2D eigenvalue weighted by molar-refractivity contribution is -0.130. The highest BCUT2D eigenvalue weighted by molar-refractivity contribution is 6.35. The van der Waals surface area contributed by atoms with E-state index in [0.717, 1.165) is 22.0 Å². The molecule has 0 unspecified atom stereocenters. The van der Waals surface area contributed by atoms with Crippen molar-refractivity contribution >= 4 is 47.1 Å². The largest absolute Gasteiger partial charge is 0.467 e. The zero-order valence-corrected chi connectivity index (χ0v) is 18.1. The zero-order chi connectivity index (χ0) is 22.3. The maximum atomic E-state index is 12.9. The topological polar surface area (TPSA) is 84.6 Å². The van der Waals surface area contributed by atoms with Crippen LogP contribution in [-0.2, 0) is 16.1 Å². The fourth-order valence-electron chi connectivity index (χ4n) is 3.55. The van der Waals surface area contributed by atoms with Gasteiger partial charge in [0.05, 0.1) is 12.8 Å². The van der Waals surface area contributed by atoms with Crippen LogP contribution >= 0.6 is 23.2 Å². The number of benzene rings is 1. The van der Waals surface area contributed by atoms with E-state index in [1.54, 1.807) is 30.3 Å². The third-order valence-electron chi connectivity index (χ3n) is 4.96. The average molecular weight is 458 g/mol. The van der Waals surface area contributed by atoms with Crippen molar-refractivity contribution in [2.45, 2.75) is 20.4 Å². The summed E-state index contributed by atoms with van der Waals surface area (Å²) in [7, 11) is 0. The summed E-state index contributed by atoms with van der Waals surface area (Å²) >= 11 is 12.3. The second-order valence-electron chi connectivity index (χ2n) is 7.08. The Morgan fingerprint density at radius 1 is 1.06 bits per heavy atom. The molecule has 0 bridgehead atoms. The number of aromatic nitrogens is 1. The van der Waals surface area contributed by atoms with Gasteiger partial charge in [-0.3, -0.25) is 19.8 Å². The maximum absolute atomic E-state index is 12.9. The van der Waals surface area contributed by atoms with Gasteiger partial charge in [0, 0.05) is 27.1 Å². The van der Waals surface area contributed by atoms with Gasteiger partial charge in [-0.15, -0.1) is 0 Å². The van der Waals surface area contributed by atoms with Crippen LogP contribution in [-0.4, -0.2) is 27.3 Å². The van der Waals surface area contributed by atoms with Crippen LogP contribution in [0.1, 0.15) is 22.7 Å². The second kappa shape index (κ2) is 8.09. The number of barbiturate groups is 1. The van der Waals surface area contributed by atoms with Crippen molar-refractivity contribution in [3.63, 3.8) is 0 Å². The molecule has 3 heterocycles. The normalized spacial score (nSPS) is 15.7. The van der Waals surface area contributed by atoms with E-state index in [1.807, 2.05) is 24.5 Å². The highest BCUT2D eigenvalue weighted by atomic mass is 35.5. The van der Waals surface area contributed by atoms with Crippen LogP contribution in [0.15, 0.2) is 52.7 Å². The number of aryl methyl sites for hydroxylation is 1. The lowest BCUT2D eigenvalue weighted by atomic mass is 10.1. The van der Waals surface area contributed by atoms with Gasteiger partial charge < -0.3 is 8.98 Å². The van der Waals surface area contributed by atoms with E-state index < -0.39 is 17.8 Å². The molecule has 4 rings (SSSR count). The fraction of sp³-hybridized carbons (Fsp3) is 0.136. The summed E-state index contributed by atoms with van der Waals surface area (Å²) in [4.78, 5) is 38.5. The van der Waals surface area contributed by atoms with E-state index in [4.69, 9.17) is 27.6 Å². The zero-order valence-electron chi connectivity index (χ0n) is 16.6. The number of urea groups is 1. The summed E-state index contributed by atoms with van der Waals surface area (Å²) in [5.41, 5.74) is 2.90. The lowest BCUT2D eigenvalue weighted by Gasteiger charge is -2.25. The molecule has 2 aromatic heterocycles. The Morgan fingerprint density at radius 3 is 2.42 bits per heavy atom. The molecule has 1 aromatic carbocycles. The Balaban J connectivity index is 1.72. The van der Waals surface area contributed by atoms with E-state index in [1.165, 1.54) is 12.3 Å². The molecule has 31 heavy (non-hydrogen) atoms. The Kier molecular flexibility index (Phi) is 5.47. The third kappa shape index (κ3) is 4.02. The summed E-state index contributed by atoms with van der Waals surface area (Å²) in [6.45, 7) is 3.66. The third-order valence-corrected chi connectivity index (χ3v) is 5.39. The van der Waals surface area contributed by atoms with Crippen molar-refractivity contribution in [3.05, 3.63) is 81.0 Å². The van der Waals surface area contributed by atoms with Gasteiger partial charge in [-0.1, -0.05) is 23.2 Å². The van der Waals surface area contributed by atoms with Gasteiger partial charge in [0.15, 0.2) is 0 Å². The average Bonchev–Trinajstić information content (AvgIpc) is 3.29. The van der Waals surface area contributed by atoms with Crippen LogP contribution in [0, 0.1) is 13.8 Å². The summed E-state index contributed by atoms with van der Waals surface area (Å²) in [5.74, 6) is -1.02. The molecule has 0 aliphatic carbocycles. The molecule has 0 saturated carbocycles. The molecular formula is C22H17Cl2N3O4. The fourth-order valence-corrected chi connectivity index (χ4v) is 4.07. The number of hydrogen-bond acceptors (Lipinski definition) is 4. The number of nitrogens with zero attached hydrogens (tertiary/aromatic N) is 2. The summed E-state index contributed by atoms with van der Waals surface area (Å²) in [6, 6.07) is 9.52. The molecular weight excluding hydrogens is 441 g/mol. The quantitative estimate of drug-likeness (QED) is 0.456. The first kappa shape index (κ1) is 21.0. The first-order valence-corrected chi connectivity index (χ1v) is 10.1. The molecule has 1 fully saturated rings. The first-order chi connectivity index (χ1) is 14.7. The van der Waals surface area contributed by atoms with Gasteiger partial charge in [0.2, 0.25) is 0 Å². The van der Waals surface area contributed by atoms with E-state index in [-0.39, 0.29) is 12.1 Å². The number of carbonyl (C=O) groups is 3. The van der Waals surface area contributed by atoms with E-state index in [2.05, 4.69) is 5.32 Å². The van der Waals surface area contributed by atoms with Crippen molar-refractivity contribution in [1.82, 2.24) is 14.8 Å². The molecule has 1 saturated heterocycles. The Bertz CT molecular complexity index is 1220. The van der Waals surface area contributed by atoms with Gasteiger partial charge in [0.25, 0.3) is 11.8 Å². The minimum atomic E-state index is -0.789. The number of hydrogen-bond donors (Lipinski definition) is 1. The molecule has 1 aliphatic rings. The molecule has 9 heteroatoms. The molecule has 3 aromatic rings. The maximum Gasteiger partial charge on any atom is 0.331 e. The first-order valence-electron chi connectivity index (χ1n) is 9.31. The lowest BCUT2D eigenvalue weighted by Crippen LogP contribution is -2.53. The van der Waals surface area contributed by atoms with Crippen molar-refractivity contribution in [2.24, 2.45) is 0 Å². The molecule has 7 nitrogen and oxygen atoms in total. The highest BCUT2D eigenvalue weighted by Gasteiger charge is 2.36. The van der Waals surface area contributed by atoms with Crippen LogP contribution in [0.2, 0.25) is 10.0 Å². The van der Waals surface area contributed by atoms with Gasteiger partial charge in [0.1, 0.15) is 11.3 Å². The van der Waals surface area contributed by atoms with Crippen LogP contribution in [0.5, 0.6) is 0 Å². The smallest absolute Gasteiger partial charge is 0.331 e. The van der Waals surface area contributed by atoms with Crippen LogP contribution in [0.4, 0.5) is 4.79 Å². The van der Waals surface area contributed by atoms with Crippen molar-refractivity contribution < 1.29 is 18.8 Å². The van der Waals surface area contributed by atoms with Crippen LogP contribution in [0.3, 0.4) is 0 Å². The number of imide groups is 2. The highest BCUT2D eigenvalue weighted by Crippen LogP contribution is 2.28. The molecule has 4 amide bonds. The Hall–Kier alpha value is -3.29. The molecule has 1 N–H and O–H groups in total. The summed E-state index contributed by atoms with van der Waals surface area (Å²) in [5, 5.41) is 3.18. The number of rotatable bonds is 4. The van der Waals surface area contributed by atoms with E-state index >= 15 is 0 Å². The molecule has 1 aliphatic heterocycles. The van der Waals surface area contributed by atoms with Gasteiger partial charge in [-0.25, -0.2) is 4.79 Å². The van der Waals surface area contributed by atoms with Crippen molar-refractivity contribution in [1.29, 1.82) is 0 Å². The van der Waals surface area contributed by atoms with Gasteiger partial charge >= 0.3 is 6.03 Å². The number of carbonyl (C=O) groups excluding carboxylic acids is 3. The minimum absolute atomic E-state index is 0.0810. The molecule has 0 spiro atoms. The minimum Gasteiger partial charge on any atom is -0.467 e. The monoisotopic (exact) mass is 457 g/mol. The standard InChI is InChI=1S/C22H17Cl2N3O4/c1-12-6-14(13(2)27(12)17-9-15(23)8-16(24)10-17)7-19-20(28)25-22(30)26(21(19)29)11-18-4-3-5-31-18/h3-10H,11H2,1-2H3,(H,25,28,30)/b19-7+. The molecule has 0 atom stereocenters. The predicted molar refractivity (Wildman–Crippen MR) is 116 cm³/mol. The number of amides is 4. The number of halogens is 2. The molecule has 0 radical (unpaired) electrons. The summed E-state index contributed by atoms with van der Waals surface area (Å²) in [6.07, 6.45) is 2.92. The van der Waals surface area contributed by atoms with Crippen LogP contribution in [0.25, 0.3) is 11.8 Å². The predicted octanol–water partition coefficient (Wildman–Crippen LogP) is 4.66.